The van der Waals surface area contributed by atoms with Crippen LogP contribution in [0, 0.1) is 0 Å². The molecule has 0 radical (unpaired) electrons. The number of aliphatic carboxylic acids is 4. The molecule has 0 amide bonds. The van der Waals surface area contributed by atoms with E-state index in [1.807, 2.05) is 36.7 Å². The highest BCUT2D eigenvalue weighted by molar-refractivity contribution is 7.98. The minimum Gasteiger partial charge on any atom is -0.508 e. The van der Waals surface area contributed by atoms with E-state index in [4.69, 9.17) is 52.7 Å². The topological polar surface area (TPSA) is 335 Å². The lowest BCUT2D eigenvalue weighted by molar-refractivity contribution is -0.139. The first-order valence-electron chi connectivity index (χ1n) is 14.5. The summed E-state index contributed by atoms with van der Waals surface area (Å²) in [6, 6.07) is 10.8. The first-order chi connectivity index (χ1) is 23.7. The average molecular weight is 738 g/mol. The summed E-state index contributed by atoms with van der Waals surface area (Å²) in [5.41, 5.74) is 24.7. The third-order valence-corrected chi connectivity index (χ3v) is 7.05. The number of rotatable bonds is 13. The number of carboxylic acid groups (broad SMARTS) is 4. The number of aromatic nitrogens is 3. The van der Waals surface area contributed by atoms with E-state index in [1.54, 1.807) is 30.1 Å². The molecule has 274 valence electrons. The van der Waals surface area contributed by atoms with Crippen molar-refractivity contribution in [3.8, 4) is 5.75 Å². The lowest BCUT2D eigenvalue weighted by atomic mass is 10.1. The van der Waals surface area contributed by atoms with Gasteiger partial charge in [-0.15, -0.1) is 0 Å². The van der Waals surface area contributed by atoms with Crippen molar-refractivity contribution < 1.29 is 48.9 Å². The number of nitrogens with one attached hydrogen (secondary N) is 2. The number of carboxylic acids is 4. The molecule has 17 nitrogen and oxygen atoms in total. The van der Waals surface area contributed by atoms with Crippen molar-refractivity contribution in [2.24, 2.45) is 22.9 Å². The van der Waals surface area contributed by atoms with Crippen molar-refractivity contribution in [2.75, 3.05) is 12.0 Å². The summed E-state index contributed by atoms with van der Waals surface area (Å²) >= 11 is 4.44. The number of benzene rings is 2. The maximum Gasteiger partial charge on any atom is 0.320 e. The zero-order chi connectivity index (χ0) is 38.2. The molecule has 2 aromatic carbocycles. The number of thioether (sulfide) groups is 1. The molecule has 4 rings (SSSR count). The largest absolute Gasteiger partial charge is 0.508 e. The standard InChI is InChI=1S/C11H12N2O2.C9H11NO3.C6H9N3O2.C5H11NO2S.OS/c12-9(11(14)15)5-7-6-13-10-4-2-1-3-8(7)10;10-8(9(12)13)5-6-1-3-7(11)4-2-6;7-5(6(10)11)1-4-2-8-3-9-4;1-9-3-2-4(6)5(7)8;1-2/h1-4,6,9,13H,5,12H2,(H,14,15);1-4,8,11H,5,10H2,(H,12,13);2-3,5H,1,7H2,(H,8,9)(H,10,11);4H,2-3,6H2,1H3,(H,7,8);/t9-;8-;5-;4-;/m0000./s1. The molecule has 0 saturated heterocycles. The Morgan fingerprint density at radius 1 is 0.760 bits per heavy atom. The minimum absolute atomic E-state index is 0.160. The number of para-hydroxylation sites is 1. The fourth-order valence-electron chi connectivity index (χ4n) is 3.69. The van der Waals surface area contributed by atoms with Crippen molar-refractivity contribution in [2.45, 2.75) is 49.9 Å². The Labute approximate surface area is 297 Å². The number of nitrogens with zero attached hydrogens (tertiary/aromatic N) is 1. The van der Waals surface area contributed by atoms with Crippen LogP contribution in [0.25, 0.3) is 10.9 Å². The lowest BCUT2D eigenvalue weighted by Gasteiger charge is -2.05. The molecule has 0 aliphatic rings. The fourth-order valence-corrected chi connectivity index (χ4v) is 4.18. The molecule has 0 unspecified atom stereocenters. The molecule has 50 heavy (non-hydrogen) atoms. The molecule has 0 bridgehead atoms. The second kappa shape index (κ2) is 25.1. The van der Waals surface area contributed by atoms with Crippen LogP contribution >= 0.6 is 11.8 Å². The SMILES string of the molecule is CSCC[C@H](N)C(=O)O.N[C@@H](Cc1c[nH]c2ccccc12)C(=O)O.N[C@@H](Cc1ccc(O)cc1)C(=O)O.N[C@@H](Cc1cnc[nH]1)C(=O)O.O=S. The number of fused-ring (bicyclic) bond motifs is 1. The molecule has 4 atom stereocenters. The summed E-state index contributed by atoms with van der Waals surface area (Å²) in [7, 11) is 0. The van der Waals surface area contributed by atoms with Gasteiger partial charge in [0.05, 0.1) is 6.33 Å². The maximum absolute atomic E-state index is 10.6. The Morgan fingerprint density at radius 3 is 1.78 bits per heavy atom. The Balaban J connectivity index is 0.000000640. The van der Waals surface area contributed by atoms with Crippen molar-refractivity contribution in [1.29, 1.82) is 0 Å². The first kappa shape index (κ1) is 45.1. The minimum atomic E-state index is -1.02. The molecule has 4 aromatic rings. The Hall–Kier alpha value is -4.92. The maximum atomic E-state index is 10.6. The van der Waals surface area contributed by atoms with Crippen molar-refractivity contribution in [3.05, 3.63) is 84.1 Å². The van der Waals surface area contributed by atoms with E-state index in [0.29, 0.717) is 12.8 Å². The average Bonchev–Trinajstić information content (AvgIpc) is 3.76. The van der Waals surface area contributed by atoms with Crippen LogP contribution in [-0.4, -0.2) is 105 Å². The molecule has 0 aliphatic carbocycles. The molecule has 19 heteroatoms. The fraction of sp³-hybridized carbons (Fsp3) is 0.323. The summed E-state index contributed by atoms with van der Waals surface area (Å²) in [5.74, 6) is -2.93. The zero-order valence-electron chi connectivity index (χ0n) is 27.0. The van der Waals surface area contributed by atoms with Gasteiger partial charge in [-0.2, -0.15) is 16.0 Å². The molecular formula is C31H43N7O10S2. The normalized spacial score (nSPS) is 12.3. The number of imidazole rings is 1. The van der Waals surface area contributed by atoms with Gasteiger partial charge in [0.25, 0.3) is 0 Å². The summed E-state index contributed by atoms with van der Waals surface area (Å²) in [4.78, 5) is 50.9. The number of phenols is 1. The number of phenolic OH excluding ortho intramolecular Hbond substituents is 1. The van der Waals surface area contributed by atoms with E-state index in [9.17, 15) is 19.2 Å². The van der Waals surface area contributed by atoms with Gasteiger partial charge in [0.1, 0.15) is 29.9 Å². The van der Waals surface area contributed by atoms with Crippen molar-refractivity contribution >= 4 is 59.1 Å². The van der Waals surface area contributed by atoms with Gasteiger partial charge in [-0.05, 0) is 54.2 Å². The molecule has 0 aliphatic heterocycles. The Kier molecular flexibility index (Phi) is 22.6. The molecule has 0 saturated carbocycles. The lowest BCUT2D eigenvalue weighted by Crippen LogP contribution is -2.32. The van der Waals surface area contributed by atoms with Gasteiger partial charge in [0, 0.05) is 41.8 Å². The van der Waals surface area contributed by atoms with Gasteiger partial charge < -0.3 is 58.4 Å². The molecule has 0 spiro atoms. The van der Waals surface area contributed by atoms with E-state index < -0.39 is 48.0 Å². The van der Waals surface area contributed by atoms with Gasteiger partial charge in [0.2, 0.25) is 0 Å². The molecule has 2 aromatic heterocycles. The number of hydrogen-bond donors (Lipinski definition) is 11. The van der Waals surface area contributed by atoms with Crippen LogP contribution in [0.15, 0.2) is 67.3 Å². The van der Waals surface area contributed by atoms with Gasteiger partial charge >= 0.3 is 23.9 Å². The Morgan fingerprint density at radius 2 is 1.28 bits per heavy atom. The second-order valence-electron chi connectivity index (χ2n) is 10.3. The van der Waals surface area contributed by atoms with Crippen LogP contribution in [-0.2, 0) is 51.0 Å². The zero-order valence-corrected chi connectivity index (χ0v) is 28.7. The van der Waals surface area contributed by atoms with Crippen molar-refractivity contribution in [3.63, 3.8) is 0 Å². The predicted octanol–water partition coefficient (Wildman–Crippen LogP) is 0.648. The van der Waals surface area contributed by atoms with E-state index >= 15 is 0 Å². The Bertz CT molecular complexity index is 1570. The summed E-state index contributed by atoms with van der Waals surface area (Å²) in [6.45, 7) is 0. The number of aromatic hydroxyl groups is 1. The number of carbonyl (C=O) groups is 4. The number of H-pyrrole nitrogens is 2. The smallest absolute Gasteiger partial charge is 0.320 e. The van der Waals surface area contributed by atoms with Crippen LogP contribution in [0.4, 0.5) is 0 Å². The molecular weight excluding hydrogens is 695 g/mol. The van der Waals surface area contributed by atoms with E-state index in [2.05, 4.69) is 27.5 Å². The highest BCUT2D eigenvalue weighted by atomic mass is 32.2. The van der Waals surface area contributed by atoms with Gasteiger partial charge in [0.15, 0.2) is 12.5 Å². The highest BCUT2D eigenvalue weighted by Gasteiger charge is 2.15. The monoisotopic (exact) mass is 737 g/mol. The summed E-state index contributed by atoms with van der Waals surface area (Å²) in [6.07, 6.45) is 8.25. The molecule has 0 fully saturated rings. The summed E-state index contributed by atoms with van der Waals surface area (Å²) < 4.78 is 7.83. The number of aromatic amines is 2. The summed E-state index contributed by atoms with van der Waals surface area (Å²) in [5, 5.41) is 43.9. The van der Waals surface area contributed by atoms with Crippen LogP contribution in [0.1, 0.15) is 23.2 Å². The van der Waals surface area contributed by atoms with Crippen LogP contribution in [0.2, 0.25) is 0 Å². The first-order valence-corrected chi connectivity index (χ1v) is 16.3. The predicted molar refractivity (Wildman–Crippen MR) is 190 cm³/mol. The van der Waals surface area contributed by atoms with Gasteiger partial charge in [-0.1, -0.05) is 30.3 Å². The van der Waals surface area contributed by atoms with E-state index in [1.165, 1.54) is 18.5 Å². The third-order valence-electron chi connectivity index (χ3n) is 6.40. The quantitative estimate of drug-likeness (QED) is 0.0897. The highest BCUT2D eigenvalue weighted by Crippen LogP contribution is 2.18. The van der Waals surface area contributed by atoms with Crippen LogP contribution in [0.3, 0.4) is 0 Å². The van der Waals surface area contributed by atoms with Gasteiger partial charge in [-0.3, -0.25) is 19.2 Å². The second-order valence-corrected chi connectivity index (χ2v) is 11.3. The number of nitrogens with two attached hydrogens (primary N) is 4. The van der Waals surface area contributed by atoms with Crippen LogP contribution < -0.4 is 22.9 Å². The number of hydrogen-bond acceptors (Lipinski definition) is 13. The van der Waals surface area contributed by atoms with E-state index in [-0.39, 0.29) is 18.6 Å². The molecule has 15 N–H and O–H groups in total. The van der Waals surface area contributed by atoms with Crippen LogP contribution in [0.5, 0.6) is 5.75 Å². The van der Waals surface area contributed by atoms with Crippen molar-refractivity contribution in [1.82, 2.24) is 15.0 Å². The molecule has 2 heterocycles. The van der Waals surface area contributed by atoms with Gasteiger partial charge in [-0.25, -0.2) is 4.98 Å². The van der Waals surface area contributed by atoms with E-state index in [0.717, 1.165) is 33.5 Å². The third kappa shape index (κ3) is 18.6.